The Morgan fingerprint density at radius 1 is 1.44 bits per heavy atom. The van der Waals surface area contributed by atoms with Gasteiger partial charge in [0.1, 0.15) is 11.9 Å². The minimum Gasteiger partial charge on any atom is -0.399 e. The Bertz CT molecular complexity index is 570. The van der Waals surface area contributed by atoms with Gasteiger partial charge in [-0.05, 0) is 45.4 Å². The van der Waals surface area contributed by atoms with Crippen molar-refractivity contribution < 1.29 is 5.11 Å². The lowest BCUT2D eigenvalue weighted by molar-refractivity contribution is 0.173. The molecule has 98 valence electrons. The van der Waals surface area contributed by atoms with Gasteiger partial charge in [-0.3, -0.25) is 0 Å². The van der Waals surface area contributed by atoms with Gasteiger partial charge in [0.25, 0.3) is 0 Å². The standard InChI is InChI=1S/C14H21N3O/c1-5-14(3,4)17-12-7-6-10(15)8-11(12)16-13(17)9(2)18/h6-9,18H,5,15H2,1-4H3. The highest BCUT2D eigenvalue weighted by atomic mass is 16.3. The first-order chi connectivity index (χ1) is 8.36. The second kappa shape index (κ2) is 4.28. The molecular weight excluding hydrogens is 226 g/mol. The maximum absolute atomic E-state index is 9.92. The van der Waals surface area contributed by atoms with Crippen molar-refractivity contribution in [3.8, 4) is 0 Å². The van der Waals surface area contributed by atoms with Crippen molar-refractivity contribution >= 4 is 16.7 Å². The minimum absolute atomic E-state index is 0.0861. The molecule has 4 heteroatoms. The third kappa shape index (κ3) is 1.97. The summed E-state index contributed by atoms with van der Waals surface area (Å²) in [5.74, 6) is 0.697. The third-order valence-corrected chi connectivity index (χ3v) is 3.55. The van der Waals surface area contributed by atoms with Crippen LogP contribution in [0.5, 0.6) is 0 Å². The lowest BCUT2D eigenvalue weighted by Gasteiger charge is -2.28. The van der Waals surface area contributed by atoms with Crippen molar-refractivity contribution in [2.24, 2.45) is 0 Å². The van der Waals surface area contributed by atoms with E-state index in [1.165, 1.54) is 0 Å². The fourth-order valence-electron chi connectivity index (χ4n) is 2.19. The van der Waals surface area contributed by atoms with E-state index in [-0.39, 0.29) is 5.54 Å². The van der Waals surface area contributed by atoms with E-state index in [0.29, 0.717) is 11.5 Å². The minimum atomic E-state index is -0.593. The Kier molecular flexibility index (Phi) is 3.07. The molecular formula is C14H21N3O. The molecule has 0 saturated heterocycles. The van der Waals surface area contributed by atoms with Crippen LogP contribution < -0.4 is 5.73 Å². The molecule has 1 heterocycles. The van der Waals surface area contributed by atoms with E-state index < -0.39 is 6.10 Å². The van der Waals surface area contributed by atoms with Gasteiger partial charge in [-0.15, -0.1) is 0 Å². The SMILES string of the molecule is CCC(C)(C)n1c(C(C)O)nc2cc(N)ccc21. The number of nitrogens with two attached hydrogens (primary N) is 1. The highest BCUT2D eigenvalue weighted by Crippen LogP contribution is 2.31. The number of rotatable bonds is 3. The average Bonchev–Trinajstić information content (AvgIpc) is 2.68. The molecule has 3 N–H and O–H groups in total. The average molecular weight is 247 g/mol. The Morgan fingerprint density at radius 2 is 2.11 bits per heavy atom. The number of fused-ring (bicyclic) bond motifs is 1. The Labute approximate surface area is 107 Å². The van der Waals surface area contributed by atoms with Crippen LogP contribution in [-0.2, 0) is 5.54 Å². The number of nitrogens with zero attached hydrogens (tertiary/aromatic N) is 2. The zero-order valence-corrected chi connectivity index (χ0v) is 11.4. The summed E-state index contributed by atoms with van der Waals surface area (Å²) < 4.78 is 2.12. The summed E-state index contributed by atoms with van der Waals surface area (Å²) in [6, 6.07) is 5.70. The molecule has 0 amide bonds. The van der Waals surface area contributed by atoms with Gasteiger partial charge >= 0.3 is 0 Å². The second-order valence-corrected chi connectivity index (χ2v) is 5.40. The van der Waals surface area contributed by atoms with E-state index in [2.05, 4.69) is 30.3 Å². The molecule has 4 nitrogen and oxygen atoms in total. The van der Waals surface area contributed by atoms with Gasteiger partial charge in [0, 0.05) is 11.2 Å². The summed E-state index contributed by atoms with van der Waals surface area (Å²) in [7, 11) is 0. The quantitative estimate of drug-likeness (QED) is 0.820. The number of aliphatic hydroxyl groups is 1. The molecule has 0 aliphatic rings. The molecule has 0 saturated carbocycles. The highest BCUT2D eigenvalue weighted by Gasteiger charge is 2.26. The van der Waals surface area contributed by atoms with Crippen molar-refractivity contribution in [3.63, 3.8) is 0 Å². The molecule has 1 atom stereocenters. The van der Waals surface area contributed by atoms with Gasteiger partial charge < -0.3 is 15.4 Å². The predicted molar refractivity (Wildman–Crippen MR) is 74.4 cm³/mol. The van der Waals surface area contributed by atoms with Crippen LogP contribution in [-0.4, -0.2) is 14.7 Å². The monoisotopic (exact) mass is 247 g/mol. The van der Waals surface area contributed by atoms with E-state index in [1.54, 1.807) is 6.92 Å². The van der Waals surface area contributed by atoms with Crippen molar-refractivity contribution in [1.82, 2.24) is 9.55 Å². The van der Waals surface area contributed by atoms with Crippen molar-refractivity contribution in [2.45, 2.75) is 45.8 Å². The first-order valence-corrected chi connectivity index (χ1v) is 6.33. The number of aliphatic hydroxyl groups excluding tert-OH is 1. The lowest BCUT2D eigenvalue weighted by Crippen LogP contribution is -2.27. The van der Waals surface area contributed by atoms with Crippen LogP contribution in [0.2, 0.25) is 0 Å². The van der Waals surface area contributed by atoms with Crippen LogP contribution in [0, 0.1) is 0 Å². The van der Waals surface area contributed by atoms with Crippen molar-refractivity contribution in [2.75, 3.05) is 5.73 Å². The maximum Gasteiger partial charge on any atom is 0.139 e. The van der Waals surface area contributed by atoms with Gasteiger partial charge in [-0.1, -0.05) is 6.92 Å². The summed E-state index contributed by atoms with van der Waals surface area (Å²) in [5, 5.41) is 9.92. The normalized spacial score (nSPS) is 14.1. The highest BCUT2D eigenvalue weighted by molar-refractivity contribution is 5.80. The molecule has 0 aliphatic heterocycles. The second-order valence-electron chi connectivity index (χ2n) is 5.40. The summed E-state index contributed by atoms with van der Waals surface area (Å²) >= 11 is 0. The number of anilines is 1. The Hall–Kier alpha value is -1.55. The largest absolute Gasteiger partial charge is 0.399 e. The maximum atomic E-state index is 9.92. The van der Waals surface area contributed by atoms with Gasteiger partial charge in [0.05, 0.1) is 11.0 Å². The fraction of sp³-hybridized carbons (Fsp3) is 0.500. The molecule has 1 unspecified atom stereocenters. The Balaban J connectivity index is 2.79. The number of aromatic nitrogens is 2. The van der Waals surface area contributed by atoms with Crippen LogP contribution in [0.25, 0.3) is 11.0 Å². The molecule has 1 aromatic heterocycles. The van der Waals surface area contributed by atoms with Crippen LogP contribution in [0.1, 0.15) is 46.0 Å². The molecule has 0 radical (unpaired) electrons. The molecule has 1 aromatic carbocycles. The number of hydrogen-bond donors (Lipinski definition) is 2. The molecule has 0 spiro atoms. The van der Waals surface area contributed by atoms with E-state index in [4.69, 9.17) is 5.73 Å². The summed E-state index contributed by atoms with van der Waals surface area (Å²) in [6.45, 7) is 8.18. The van der Waals surface area contributed by atoms with Crippen LogP contribution in [0.4, 0.5) is 5.69 Å². The van der Waals surface area contributed by atoms with Crippen LogP contribution in [0.3, 0.4) is 0 Å². The van der Waals surface area contributed by atoms with Crippen molar-refractivity contribution in [3.05, 3.63) is 24.0 Å². The lowest BCUT2D eigenvalue weighted by atomic mass is 10.0. The number of benzene rings is 1. The van der Waals surface area contributed by atoms with E-state index in [0.717, 1.165) is 17.5 Å². The van der Waals surface area contributed by atoms with Crippen LogP contribution in [0.15, 0.2) is 18.2 Å². The Morgan fingerprint density at radius 3 is 2.67 bits per heavy atom. The summed E-state index contributed by atoms with van der Waals surface area (Å²) in [6.07, 6.45) is 0.368. The smallest absolute Gasteiger partial charge is 0.139 e. The molecule has 0 fully saturated rings. The van der Waals surface area contributed by atoms with E-state index >= 15 is 0 Å². The molecule has 18 heavy (non-hydrogen) atoms. The number of nitrogen functional groups attached to an aromatic ring is 1. The first-order valence-electron chi connectivity index (χ1n) is 6.33. The zero-order valence-electron chi connectivity index (χ0n) is 11.4. The fourth-order valence-corrected chi connectivity index (χ4v) is 2.19. The number of imidazole rings is 1. The topological polar surface area (TPSA) is 64.1 Å². The van der Waals surface area contributed by atoms with Gasteiger partial charge in [0.2, 0.25) is 0 Å². The zero-order chi connectivity index (χ0) is 13.5. The van der Waals surface area contributed by atoms with Gasteiger partial charge in [-0.2, -0.15) is 0 Å². The predicted octanol–water partition coefficient (Wildman–Crippen LogP) is 2.82. The molecule has 0 aliphatic carbocycles. The van der Waals surface area contributed by atoms with Crippen LogP contribution >= 0.6 is 0 Å². The van der Waals surface area contributed by atoms with E-state index in [9.17, 15) is 5.11 Å². The van der Waals surface area contributed by atoms with Crippen molar-refractivity contribution in [1.29, 1.82) is 0 Å². The third-order valence-electron chi connectivity index (χ3n) is 3.55. The van der Waals surface area contributed by atoms with Gasteiger partial charge in [0.15, 0.2) is 0 Å². The molecule has 2 rings (SSSR count). The summed E-state index contributed by atoms with van der Waals surface area (Å²) in [5.41, 5.74) is 8.26. The van der Waals surface area contributed by atoms with E-state index in [1.807, 2.05) is 18.2 Å². The molecule has 0 bridgehead atoms. The molecule has 2 aromatic rings. The van der Waals surface area contributed by atoms with Gasteiger partial charge in [-0.25, -0.2) is 4.98 Å². The summed E-state index contributed by atoms with van der Waals surface area (Å²) in [4.78, 5) is 4.52. The number of hydrogen-bond acceptors (Lipinski definition) is 3. The first kappa shape index (κ1) is 12.9.